The minimum atomic E-state index is -0.866. The third-order valence-electron chi connectivity index (χ3n) is 6.46. The monoisotopic (exact) mass is 429 g/mol. The van der Waals surface area contributed by atoms with Gasteiger partial charge in [-0.3, -0.25) is 4.79 Å². The van der Waals surface area contributed by atoms with E-state index in [1.807, 2.05) is 24.3 Å². The first-order valence-corrected chi connectivity index (χ1v) is 11.0. The molecule has 2 aromatic carbocycles. The number of rotatable bonds is 6. The van der Waals surface area contributed by atoms with Crippen LogP contribution in [0.3, 0.4) is 0 Å². The molecule has 4 rings (SSSR count). The van der Waals surface area contributed by atoms with Crippen molar-refractivity contribution < 1.29 is 23.0 Å². The van der Waals surface area contributed by atoms with Crippen LogP contribution in [0, 0.1) is 23.0 Å². The Balaban J connectivity index is 1.50. The number of carbonyl (C=O) groups excluding carboxylic acids is 1. The van der Waals surface area contributed by atoms with E-state index >= 15 is 0 Å². The molecular weight excluding hydrogens is 400 g/mol. The summed E-state index contributed by atoms with van der Waals surface area (Å²) in [5, 5.41) is 3.18. The lowest BCUT2D eigenvalue weighted by Gasteiger charge is -2.36. The number of hydrogen-bond donors (Lipinski definition) is 1. The second-order valence-corrected chi connectivity index (χ2v) is 8.69. The lowest BCUT2D eigenvalue weighted by atomic mass is 9.74. The van der Waals surface area contributed by atoms with Gasteiger partial charge >= 0.3 is 0 Å². The molecular formula is C25H29F2NO3. The second kappa shape index (κ2) is 9.88. The average Bonchev–Trinajstić information content (AvgIpc) is 2.80. The van der Waals surface area contributed by atoms with E-state index in [2.05, 4.69) is 5.32 Å². The molecule has 0 radical (unpaired) electrons. The van der Waals surface area contributed by atoms with Crippen LogP contribution in [0.2, 0.25) is 0 Å². The SMILES string of the molecule is O=C(NC[C@H]1CCCOC1)C1(Cc2cccc(-c3ccc(F)c(F)c3)c2)CCOCC1. The van der Waals surface area contributed by atoms with Crippen molar-refractivity contribution in [2.24, 2.45) is 11.3 Å². The maximum Gasteiger partial charge on any atom is 0.226 e. The quantitative estimate of drug-likeness (QED) is 0.735. The first kappa shape index (κ1) is 21.9. The van der Waals surface area contributed by atoms with Gasteiger partial charge in [0, 0.05) is 26.4 Å². The number of hydrogen-bond acceptors (Lipinski definition) is 3. The zero-order chi connectivity index (χ0) is 21.7. The standard InChI is InChI=1S/C25H29F2NO3/c26-22-7-6-21(14-23(22)27)20-5-1-3-18(13-20)15-25(8-11-30-12-9-25)24(29)28-16-19-4-2-10-31-17-19/h1,3,5-7,13-14,19H,2,4,8-12,15-17H2,(H,28,29)/t19-/m1/s1. The molecule has 2 aliphatic heterocycles. The summed E-state index contributed by atoms with van der Waals surface area (Å²) >= 11 is 0. The van der Waals surface area contributed by atoms with Crippen LogP contribution < -0.4 is 5.32 Å². The Morgan fingerprint density at radius 1 is 1.00 bits per heavy atom. The highest BCUT2D eigenvalue weighted by Gasteiger charge is 2.40. The zero-order valence-electron chi connectivity index (χ0n) is 17.7. The topological polar surface area (TPSA) is 47.6 Å². The number of benzene rings is 2. The summed E-state index contributed by atoms with van der Waals surface area (Å²) in [7, 11) is 0. The molecule has 2 fully saturated rings. The molecule has 6 heteroatoms. The molecule has 2 aromatic rings. The van der Waals surface area contributed by atoms with Crippen LogP contribution in [-0.2, 0) is 20.7 Å². The molecule has 0 bridgehead atoms. The summed E-state index contributed by atoms with van der Waals surface area (Å²) < 4.78 is 38.1. The number of ether oxygens (including phenoxy) is 2. The molecule has 166 valence electrons. The summed E-state index contributed by atoms with van der Waals surface area (Å²) in [4.78, 5) is 13.3. The van der Waals surface area contributed by atoms with Crippen molar-refractivity contribution in [3.05, 3.63) is 59.7 Å². The third kappa shape index (κ3) is 5.31. The molecule has 0 spiro atoms. The van der Waals surface area contributed by atoms with Crippen LogP contribution in [0.5, 0.6) is 0 Å². The largest absolute Gasteiger partial charge is 0.381 e. The smallest absolute Gasteiger partial charge is 0.226 e. The van der Waals surface area contributed by atoms with Gasteiger partial charge in [0.25, 0.3) is 0 Å². The van der Waals surface area contributed by atoms with Gasteiger partial charge in [-0.1, -0.05) is 30.3 Å². The predicted octanol–water partition coefficient (Wildman–Crippen LogP) is 4.51. The van der Waals surface area contributed by atoms with Gasteiger partial charge in [-0.25, -0.2) is 8.78 Å². The number of carbonyl (C=O) groups is 1. The van der Waals surface area contributed by atoms with Gasteiger partial charge in [-0.15, -0.1) is 0 Å². The average molecular weight is 430 g/mol. The molecule has 1 N–H and O–H groups in total. The van der Waals surface area contributed by atoms with E-state index in [1.54, 1.807) is 6.07 Å². The fourth-order valence-corrected chi connectivity index (χ4v) is 4.57. The Kier molecular flexibility index (Phi) is 6.98. The van der Waals surface area contributed by atoms with Crippen molar-refractivity contribution in [2.75, 3.05) is 33.0 Å². The Morgan fingerprint density at radius 2 is 1.81 bits per heavy atom. The summed E-state index contributed by atoms with van der Waals surface area (Å²) in [6.07, 6.45) is 4.02. The Bertz CT molecular complexity index is 905. The van der Waals surface area contributed by atoms with Gasteiger partial charge in [0.2, 0.25) is 5.91 Å². The van der Waals surface area contributed by atoms with E-state index in [4.69, 9.17) is 9.47 Å². The van der Waals surface area contributed by atoms with E-state index in [0.29, 0.717) is 57.1 Å². The molecule has 1 atom stereocenters. The third-order valence-corrected chi connectivity index (χ3v) is 6.46. The Hall–Kier alpha value is -2.31. The zero-order valence-corrected chi connectivity index (χ0v) is 17.7. The maximum atomic E-state index is 13.7. The molecule has 4 nitrogen and oxygen atoms in total. The highest BCUT2D eigenvalue weighted by atomic mass is 19.2. The fourth-order valence-electron chi connectivity index (χ4n) is 4.57. The minimum Gasteiger partial charge on any atom is -0.381 e. The summed E-state index contributed by atoms with van der Waals surface area (Å²) in [5.41, 5.74) is 1.89. The number of nitrogens with one attached hydrogen (secondary N) is 1. The molecule has 2 aliphatic rings. The van der Waals surface area contributed by atoms with Crippen molar-refractivity contribution in [3.63, 3.8) is 0 Å². The molecule has 0 aromatic heterocycles. The number of halogens is 2. The first-order chi connectivity index (χ1) is 15.1. The summed E-state index contributed by atoms with van der Waals surface area (Å²) in [5.74, 6) is -1.29. The van der Waals surface area contributed by atoms with Crippen molar-refractivity contribution >= 4 is 5.91 Å². The lowest BCUT2D eigenvalue weighted by Crippen LogP contribution is -2.47. The first-order valence-electron chi connectivity index (χ1n) is 11.0. The molecule has 0 unspecified atom stereocenters. The second-order valence-electron chi connectivity index (χ2n) is 8.69. The van der Waals surface area contributed by atoms with E-state index in [9.17, 15) is 13.6 Å². The van der Waals surface area contributed by atoms with Crippen LogP contribution in [-0.4, -0.2) is 38.9 Å². The predicted molar refractivity (Wildman–Crippen MR) is 115 cm³/mol. The molecule has 2 heterocycles. The molecule has 0 saturated carbocycles. The van der Waals surface area contributed by atoms with Crippen LogP contribution in [0.15, 0.2) is 42.5 Å². The highest BCUT2D eigenvalue weighted by Crippen LogP contribution is 2.36. The van der Waals surface area contributed by atoms with Crippen LogP contribution in [0.25, 0.3) is 11.1 Å². The van der Waals surface area contributed by atoms with E-state index in [0.717, 1.165) is 36.6 Å². The Labute approximate surface area is 181 Å². The van der Waals surface area contributed by atoms with E-state index in [1.165, 1.54) is 6.07 Å². The molecule has 2 saturated heterocycles. The van der Waals surface area contributed by atoms with Gasteiger partial charge < -0.3 is 14.8 Å². The van der Waals surface area contributed by atoms with Gasteiger partial charge in [0.05, 0.1) is 12.0 Å². The minimum absolute atomic E-state index is 0.0691. The van der Waals surface area contributed by atoms with Crippen LogP contribution in [0.1, 0.15) is 31.2 Å². The van der Waals surface area contributed by atoms with Crippen molar-refractivity contribution in [1.82, 2.24) is 5.32 Å². The molecule has 31 heavy (non-hydrogen) atoms. The van der Waals surface area contributed by atoms with Crippen LogP contribution >= 0.6 is 0 Å². The van der Waals surface area contributed by atoms with Gasteiger partial charge in [0.1, 0.15) is 0 Å². The van der Waals surface area contributed by atoms with Crippen molar-refractivity contribution in [3.8, 4) is 11.1 Å². The highest BCUT2D eigenvalue weighted by molar-refractivity contribution is 5.83. The van der Waals surface area contributed by atoms with Gasteiger partial charge in [-0.05, 0) is 66.8 Å². The van der Waals surface area contributed by atoms with Gasteiger partial charge in [0.15, 0.2) is 11.6 Å². The van der Waals surface area contributed by atoms with E-state index < -0.39 is 17.0 Å². The maximum absolute atomic E-state index is 13.7. The van der Waals surface area contributed by atoms with Crippen LogP contribution in [0.4, 0.5) is 8.78 Å². The molecule has 1 amide bonds. The summed E-state index contributed by atoms with van der Waals surface area (Å²) in [6, 6.07) is 11.6. The van der Waals surface area contributed by atoms with Crippen molar-refractivity contribution in [2.45, 2.75) is 32.1 Å². The van der Waals surface area contributed by atoms with E-state index in [-0.39, 0.29) is 5.91 Å². The normalized spacial score (nSPS) is 20.9. The Morgan fingerprint density at radius 3 is 2.55 bits per heavy atom. The van der Waals surface area contributed by atoms with Crippen molar-refractivity contribution in [1.29, 1.82) is 0 Å². The van der Waals surface area contributed by atoms with Gasteiger partial charge in [-0.2, -0.15) is 0 Å². The lowest BCUT2D eigenvalue weighted by molar-refractivity contribution is -0.137. The summed E-state index contributed by atoms with van der Waals surface area (Å²) in [6.45, 7) is 3.26. The molecule has 0 aliphatic carbocycles. The number of amides is 1. The fraction of sp³-hybridized carbons (Fsp3) is 0.480.